The van der Waals surface area contributed by atoms with E-state index in [9.17, 15) is 13.5 Å². The van der Waals surface area contributed by atoms with Crippen LogP contribution in [0.2, 0.25) is 0 Å². The van der Waals surface area contributed by atoms with Crippen LogP contribution in [-0.4, -0.2) is 33.8 Å². The zero-order valence-corrected chi connectivity index (χ0v) is 20.5. The van der Waals surface area contributed by atoms with E-state index in [2.05, 4.69) is 11.9 Å². The van der Waals surface area contributed by atoms with E-state index in [1.165, 1.54) is 6.07 Å². The molecule has 1 saturated carbocycles. The van der Waals surface area contributed by atoms with Crippen molar-refractivity contribution in [1.29, 1.82) is 0 Å². The summed E-state index contributed by atoms with van der Waals surface area (Å²) >= 11 is 13.3. The molecular weight excluding hydrogens is 473 g/mol. The van der Waals surface area contributed by atoms with Crippen molar-refractivity contribution in [3.8, 4) is 0 Å². The van der Waals surface area contributed by atoms with Gasteiger partial charge in [0.05, 0.1) is 11.8 Å². The Morgan fingerprint density at radius 3 is 2.56 bits per heavy atom. The normalized spacial score (nSPS) is 24.7. The van der Waals surface area contributed by atoms with Gasteiger partial charge in [-0.05, 0) is 55.4 Å². The number of rotatable bonds is 11. The SMILES string of the molecule is CCCCCC(O)c1ccc(C2C(Cl)CC(Cl)C2CCCc2ccc(S(=O)(=O)O)o2)cn1. The highest BCUT2D eigenvalue weighted by molar-refractivity contribution is 7.85. The molecule has 3 rings (SSSR count). The van der Waals surface area contributed by atoms with E-state index in [1.54, 1.807) is 6.07 Å². The third-order valence-electron chi connectivity index (χ3n) is 6.23. The first-order valence-corrected chi connectivity index (χ1v) is 13.5. The molecule has 178 valence electrons. The number of nitrogens with zero attached hydrogens (tertiary/aromatic N) is 1. The molecule has 0 aliphatic heterocycles. The zero-order chi connectivity index (χ0) is 23.3. The van der Waals surface area contributed by atoms with Crippen molar-refractivity contribution in [3.63, 3.8) is 0 Å². The van der Waals surface area contributed by atoms with Crippen LogP contribution in [0, 0.1) is 5.92 Å². The maximum Gasteiger partial charge on any atom is 0.328 e. The van der Waals surface area contributed by atoms with E-state index in [0.717, 1.165) is 37.7 Å². The van der Waals surface area contributed by atoms with Gasteiger partial charge in [0.15, 0.2) is 0 Å². The summed E-state index contributed by atoms with van der Waals surface area (Å²) in [4.78, 5) is 4.50. The van der Waals surface area contributed by atoms with E-state index < -0.39 is 21.3 Å². The van der Waals surface area contributed by atoms with Crippen LogP contribution in [0.3, 0.4) is 0 Å². The molecule has 2 aromatic heterocycles. The summed E-state index contributed by atoms with van der Waals surface area (Å²) in [5.74, 6) is 0.712. The third-order valence-corrected chi connectivity index (χ3v) is 7.91. The molecule has 2 heterocycles. The molecule has 0 amide bonds. The number of pyridine rings is 1. The molecule has 0 bridgehead atoms. The second kappa shape index (κ2) is 11.3. The second-order valence-corrected chi connectivity index (χ2v) is 11.0. The van der Waals surface area contributed by atoms with Crippen molar-refractivity contribution < 1.29 is 22.5 Å². The summed E-state index contributed by atoms with van der Waals surface area (Å²) in [6.45, 7) is 2.13. The Kier molecular flexibility index (Phi) is 9.04. The van der Waals surface area contributed by atoms with Crippen molar-refractivity contribution >= 4 is 33.3 Å². The number of hydrogen-bond acceptors (Lipinski definition) is 5. The van der Waals surface area contributed by atoms with Gasteiger partial charge in [-0.15, -0.1) is 23.2 Å². The van der Waals surface area contributed by atoms with Gasteiger partial charge in [-0.2, -0.15) is 8.42 Å². The van der Waals surface area contributed by atoms with Gasteiger partial charge in [0.25, 0.3) is 0 Å². The molecule has 32 heavy (non-hydrogen) atoms. The lowest BCUT2D eigenvalue weighted by Gasteiger charge is -2.24. The van der Waals surface area contributed by atoms with Gasteiger partial charge in [-0.1, -0.05) is 32.3 Å². The first kappa shape index (κ1) is 25.5. The highest BCUT2D eigenvalue weighted by Crippen LogP contribution is 2.47. The van der Waals surface area contributed by atoms with Crippen LogP contribution in [0.5, 0.6) is 0 Å². The van der Waals surface area contributed by atoms with Gasteiger partial charge in [0, 0.05) is 29.3 Å². The minimum atomic E-state index is -4.33. The lowest BCUT2D eigenvalue weighted by Crippen LogP contribution is -2.17. The van der Waals surface area contributed by atoms with Crippen LogP contribution >= 0.6 is 23.2 Å². The number of hydrogen-bond donors (Lipinski definition) is 2. The number of furan rings is 1. The average Bonchev–Trinajstić information content (AvgIpc) is 3.33. The fraction of sp³-hybridized carbons (Fsp3) is 0.609. The first-order chi connectivity index (χ1) is 15.2. The standard InChI is InChI=1S/C23H31Cl2NO5S/c1-2-3-4-8-21(27)20-11-9-15(14-26-20)23-17(18(24)13-19(23)25)7-5-6-16-10-12-22(31-16)32(28,29)30/h9-12,14,17-19,21,23,27H,2-8,13H2,1H3,(H,28,29,30). The summed E-state index contributed by atoms with van der Waals surface area (Å²) in [7, 11) is -4.33. The van der Waals surface area contributed by atoms with Gasteiger partial charge in [0.2, 0.25) is 5.09 Å². The molecule has 0 radical (unpaired) electrons. The Labute approximate surface area is 200 Å². The van der Waals surface area contributed by atoms with E-state index in [1.807, 2.05) is 18.3 Å². The maximum atomic E-state index is 11.1. The second-order valence-electron chi connectivity index (χ2n) is 8.57. The zero-order valence-electron chi connectivity index (χ0n) is 18.2. The Balaban J connectivity index is 1.62. The number of aryl methyl sites for hydroxylation is 1. The molecule has 1 fully saturated rings. The predicted octanol–water partition coefficient (Wildman–Crippen LogP) is 5.88. The predicted molar refractivity (Wildman–Crippen MR) is 125 cm³/mol. The molecule has 0 saturated heterocycles. The van der Waals surface area contributed by atoms with Gasteiger partial charge in [0.1, 0.15) is 5.76 Å². The lowest BCUT2D eigenvalue weighted by molar-refractivity contribution is 0.159. The monoisotopic (exact) mass is 503 g/mol. The molecule has 0 aromatic carbocycles. The number of aliphatic hydroxyl groups excluding tert-OH is 1. The number of unbranched alkanes of at least 4 members (excludes halogenated alkanes) is 2. The Morgan fingerprint density at radius 1 is 1.16 bits per heavy atom. The third kappa shape index (κ3) is 6.48. The van der Waals surface area contributed by atoms with E-state index in [-0.39, 0.29) is 22.6 Å². The van der Waals surface area contributed by atoms with Crippen LogP contribution in [0.1, 0.15) is 80.9 Å². The minimum Gasteiger partial charge on any atom is -0.447 e. The number of aromatic nitrogens is 1. The molecule has 1 aliphatic rings. The van der Waals surface area contributed by atoms with E-state index in [0.29, 0.717) is 30.7 Å². The van der Waals surface area contributed by atoms with Crippen LogP contribution in [0.25, 0.3) is 0 Å². The quantitative estimate of drug-likeness (QED) is 0.225. The molecule has 1 aliphatic carbocycles. The van der Waals surface area contributed by atoms with Crippen molar-refractivity contribution in [2.75, 3.05) is 0 Å². The molecular formula is C23H31Cl2NO5S. The molecule has 2 aromatic rings. The fourth-order valence-electron chi connectivity index (χ4n) is 4.54. The summed E-state index contributed by atoms with van der Waals surface area (Å²) in [5, 5.41) is 9.75. The summed E-state index contributed by atoms with van der Waals surface area (Å²) in [5.41, 5.74) is 1.70. The molecule has 2 N–H and O–H groups in total. The van der Waals surface area contributed by atoms with Crippen LogP contribution in [0.4, 0.5) is 0 Å². The van der Waals surface area contributed by atoms with Crippen molar-refractivity contribution in [2.24, 2.45) is 5.92 Å². The number of halogens is 2. The van der Waals surface area contributed by atoms with E-state index in [4.69, 9.17) is 32.2 Å². The molecule has 0 spiro atoms. The van der Waals surface area contributed by atoms with Crippen LogP contribution in [0.15, 0.2) is 40.0 Å². The van der Waals surface area contributed by atoms with Crippen LogP contribution < -0.4 is 0 Å². The Morgan fingerprint density at radius 2 is 1.94 bits per heavy atom. The summed E-state index contributed by atoms with van der Waals surface area (Å²) < 4.78 is 36.6. The Hall–Kier alpha value is -1.12. The molecule has 9 heteroatoms. The van der Waals surface area contributed by atoms with Crippen molar-refractivity contribution in [3.05, 3.63) is 47.5 Å². The molecule has 5 unspecified atom stereocenters. The molecule has 6 nitrogen and oxygen atoms in total. The van der Waals surface area contributed by atoms with Crippen molar-refractivity contribution in [2.45, 2.75) is 86.2 Å². The lowest BCUT2D eigenvalue weighted by atomic mass is 9.85. The van der Waals surface area contributed by atoms with Gasteiger partial charge in [-0.3, -0.25) is 9.54 Å². The molecule has 5 atom stereocenters. The van der Waals surface area contributed by atoms with Crippen molar-refractivity contribution in [1.82, 2.24) is 4.98 Å². The van der Waals surface area contributed by atoms with Gasteiger partial charge in [-0.25, -0.2) is 0 Å². The van der Waals surface area contributed by atoms with Crippen LogP contribution in [-0.2, 0) is 16.5 Å². The first-order valence-electron chi connectivity index (χ1n) is 11.2. The van der Waals surface area contributed by atoms with Gasteiger partial charge < -0.3 is 9.52 Å². The average molecular weight is 504 g/mol. The van der Waals surface area contributed by atoms with E-state index >= 15 is 0 Å². The maximum absolute atomic E-state index is 11.1. The highest BCUT2D eigenvalue weighted by atomic mass is 35.5. The fourth-order valence-corrected chi connectivity index (χ4v) is 6.08. The number of alkyl halides is 2. The highest BCUT2D eigenvalue weighted by Gasteiger charge is 2.42. The number of aliphatic hydroxyl groups is 1. The Bertz CT molecular complexity index is 963. The van der Waals surface area contributed by atoms with Gasteiger partial charge >= 0.3 is 10.1 Å². The minimum absolute atomic E-state index is 0.0583. The topological polar surface area (TPSA) is 101 Å². The largest absolute Gasteiger partial charge is 0.447 e. The smallest absolute Gasteiger partial charge is 0.328 e. The summed E-state index contributed by atoms with van der Waals surface area (Å²) in [6, 6.07) is 6.70. The summed E-state index contributed by atoms with van der Waals surface area (Å²) in [6.07, 6.45) is 7.93.